The van der Waals surface area contributed by atoms with E-state index >= 15 is 0 Å². The number of carbonyl (C=O) groups is 2. The van der Waals surface area contributed by atoms with E-state index in [1.807, 2.05) is 6.92 Å². The molecular weight excluding hydrogens is 234 g/mol. The highest BCUT2D eigenvalue weighted by atomic mass is 16.2. The molecule has 1 aromatic heterocycles. The molecule has 2 heterocycles. The van der Waals surface area contributed by atoms with Crippen LogP contribution < -0.4 is 16.4 Å². The van der Waals surface area contributed by atoms with Crippen molar-refractivity contribution in [3.63, 3.8) is 0 Å². The molecule has 0 spiro atoms. The van der Waals surface area contributed by atoms with E-state index in [2.05, 4.69) is 15.7 Å². The van der Waals surface area contributed by atoms with Crippen molar-refractivity contribution in [1.82, 2.24) is 20.4 Å². The van der Waals surface area contributed by atoms with E-state index in [-0.39, 0.29) is 17.9 Å². The van der Waals surface area contributed by atoms with Crippen molar-refractivity contribution in [3.05, 3.63) is 11.9 Å². The van der Waals surface area contributed by atoms with Crippen molar-refractivity contribution >= 4 is 17.5 Å². The third-order valence-corrected chi connectivity index (χ3v) is 2.98. The Kier molecular flexibility index (Phi) is 3.50. The molecule has 0 radical (unpaired) electrons. The van der Waals surface area contributed by atoms with Gasteiger partial charge in [-0.25, -0.2) is 0 Å². The summed E-state index contributed by atoms with van der Waals surface area (Å²) in [5.74, 6) is -0.216. The van der Waals surface area contributed by atoms with Crippen LogP contribution in [0, 0.1) is 0 Å². The highest BCUT2D eigenvalue weighted by molar-refractivity contribution is 5.97. The van der Waals surface area contributed by atoms with Crippen LogP contribution in [-0.2, 0) is 11.3 Å². The van der Waals surface area contributed by atoms with E-state index in [4.69, 9.17) is 5.73 Å². The molecule has 0 saturated carbocycles. The van der Waals surface area contributed by atoms with Crippen molar-refractivity contribution < 1.29 is 9.59 Å². The molecule has 0 aromatic carbocycles. The Morgan fingerprint density at radius 3 is 3.11 bits per heavy atom. The number of nitrogens with zero attached hydrogens (tertiary/aromatic N) is 2. The smallest absolute Gasteiger partial charge is 0.271 e. The number of hydrogen-bond donors (Lipinski definition) is 3. The van der Waals surface area contributed by atoms with E-state index in [1.165, 1.54) is 6.20 Å². The van der Waals surface area contributed by atoms with Gasteiger partial charge >= 0.3 is 0 Å². The zero-order chi connectivity index (χ0) is 13.1. The predicted octanol–water partition coefficient (Wildman–Crippen LogP) is -0.506. The minimum Gasteiger partial charge on any atom is -0.396 e. The van der Waals surface area contributed by atoms with Crippen LogP contribution in [0.15, 0.2) is 6.20 Å². The van der Waals surface area contributed by atoms with Crippen LogP contribution in [0.3, 0.4) is 0 Å². The minimum absolute atomic E-state index is 0.0265. The summed E-state index contributed by atoms with van der Waals surface area (Å²) >= 11 is 0. The summed E-state index contributed by atoms with van der Waals surface area (Å²) in [6.07, 6.45) is 2.56. The number of piperidine rings is 1. The molecule has 7 heteroatoms. The Hall–Kier alpha value is -2.05. The molecule has 1 unspecified atom stereocenters. The number of aromatic nitrogens is 2. The lowest BCUT2D eigenvalue weighted by molar-refractivity contribution is -0.122. The Morgan fingerprint density at radius 1 is 1.72 bits per heavy atom. The van der Waals surface area contributed by atoms with Crippen LogP contribution in [0.25, 0.3) is 0 Å². The quantitative estimate of drug-likeness (QED) is 0.673. The standard InChI is InChI=1S/C11H17N5O2/c1-2-16-10(8(12)6-14-16)11(18)15-7-3-4-9(17)13-5-7/h6-7H,2-5,12H2,1H3,(H,13,17)(H,15,18). The number of nitrogen functional groups attached to an aromatic ring is 1. The number of amides is 2. The van der Waals surface area contributed by atoms with Gasteiger partial charge in [0.2, 0.25) is 5.91 Å². The van der Waals surface area contributed by atoms with Gasteiger partial charge in [0.15, 0.2) is 0 Å². The number of nitrogens with one attached hydrogen (secondary N) is 2. The maximum atomic E-state index is 12.1. The van der Waals surface area contributed by atoms with Crippen molar-refractivity contribution in [3.8, 4) is 0 Å². The maximum absolute atomic E-state index is 12.1. The van der Waals surface area contributed by atoms with Gasteiger partial charge in [0.25, 0.3) is 5.91 Å². The van der Waals surface area contributed by atoms with Gasteiger partial charge in [0.1, 0.15) is 5.69 Å². The zero-order valence-corrected chi connectivity index (χ0v) is 10.3. The fourth-order valence-corrected chi connectivity index (χ4v) is 2.00. The molecule has 1 aromatic rings. The van der Waals surface area contributed by atoms with Crippen molar-refractivity contribution in [1.29, 1.82) is 0 Å². The van der Waals surface area contributed by atoms with Gasteiger partial charge in [-0.1, -0.05) is 0 Å². The topological polar surface area (TPSA) is 102 Å². The molecule has 0 aliphatic carbocycles. The molecular formula is C11H17N5O2. The molecule has 4 N–H and O–H groups in total. The van der Waals surface area contributed by atoms with Crippen LogP contribution in [0.1, 0.15) is 30.3 Å². The zero-order valence-electron chi connectivity index (χ0n) is 10.3. The fourth-order valence-electron chi connectivity index (χ4n) is 2.00. The third kappa shape index (κ3) is 2.44. The second kappa shape index (κ2) is 5.07. The number of anilines is 1. The number of hydrogen-bond acceptors (Lipinski definition) is 4. The highest BCUT2D eigenvalue weighted by Gasteiger charge is 2.23. The highest BCUT2D eigenvalue weighted by Crippen LogP contribution is 2.12. The monoisotopic (exact) mass is 251 g/mol. The summed E-state index contributed by atoms with van der Waals surface area (Å²) in [6.45, 7) is 2.94. The van der Waals surface area contributed by atoms with Crippen molar-refractivity contribution in [2.45, 2.75) is 32.4 Å². The molecule has 1 saturated heterocycles. The molecule has 98 valence electrons. The molecule has 1 fully saturated rings. The van der Waals surface area contributed by atoms with E-state index in [9.17, 15) is 9.59 Å². The Bertz CT molecular complexity index is 458. The molecule has 1 aliphatic rings. The number of aryl methyl sites for hydroxylation is 1. The Morgan fingerprint density at radius 2 is 2.50 bits per heavy atom. The molecule has 2 rings (SSSR count). The second-order valence-corrected chi connectivity index (χ2v) is 4.28. The summed E-state index contributed by atoms with van der Waals surface area (Å²) in [5.41, 5.74) is 6.48. The first-order valence-electron chi connectivity index (χ1n) is 6.00. The molecule has 0 bridgehead atoms. The van der Waals surface area contributed by atoms with Crippen LogP contribution >= 0.6 is 0 Å². The summed E-state index contributed by atoms with van der Waals surface area (Å²) < 4.78 is 1.56. The van der Waals surface area contributed by atoms with Crippen molar-refractivity contribution in [2.24, 2.45) is 0 Å². The Balaban J connectivity index is 2.03. The maximum Gasteiger partial charge on any atom is 0.271 e. The largest absolute Gasteiger partial charge is 0.396 e. The van der Waals surface area contributed by atoms with Gasteiger partial charge in [-0.05, 0) is 13.3 Å². The van der Waals surface area contributed by atoms with Gasteiger partial charge in [-0.2, -0.15) is 5.10 Å². The molecule has 1 atom stereocenters. The second-order valence-electron chi connectivity index (χ2n) is 4.28. The number of carbonyl (C=O) groups excluding carboxylic acids is 2. The first-order valence-corrected chi connectivity index (χ1v) is 6.00. The molecule has 1 aliphatic heterocycles. The van der Waals surface area contributed by atoms with Crippen LogP contribution in [-0.4, -0.2) is 34.2 Å². The average Bonchev–Trinajstić information content (AvgIpc) is 2.73. The third-order valence-electron chi connectivity index (χ3n) is 2.98. The van der Waals surface area contributed by atoms with Gasteiger partial charge < -0.3 is 16.4 Å². The summed E-state index contributed by atoms with van der Waals surface area (Å²) in [7, 11) is 0. The summed E-state index contributed by atoms with van der Waals surface area (Å²) in [6, 6.07) is -0.0465. The normalized spacial score (nSPS) is 19.4. The average molecular weight is 251 g/mol. The molecule has 18 heavy (non-hydrogen) atoms. The first-order chi connectivity index (χ1) is 8.61. The van der Waals surface area contributed by atoms with Gasteiger partial charge in [0, 0.05) is 25.6 Å². The van der Waals surface area contributed by atoms with Gasteiger partial charge in [-0.15, -0.1) is 0 Å². The summed E-state index contributed by atoms with van der Waals surface area (Å²) in [4.78, 5) is 23.1. The predicted molar refractivity (Wildman–Crippen MR) is 65.8 cm³/mol. The van der Waals surface area contributed by atoms with Crippen LogP contribution in [0.5, 0.6) is 0 Å². The summed E-state index contributed by atoms with van der Waals surface area (Å²) in [5, 5.41) is 9.60. The lowest BCUT2D eigenvalue weighted by Gasteiger charge is -2.23. The number of nitrogens with two attached hydrogens (primary N) is 1. The lowest BCUT2D eigenvalue weighted by Crippen LogP contribution is -2.48. The van der Waals surface area contributed by atoms with E-state index in [0.717, 1.165) is 0 Å². The lowest BCUT2D eigenvalue weighted by atomic mass is 10.1. The fraction of sp³-hybridized carbons (Fsp3) is 0.545. The molecule has 2 amide bonds. The van der Waals surface area contributed by atoms with E-state index in [0.29, 0.717) is 37.3 Å². The SMILES string of the molecule is CCn1ncc(N)c1C(=O)NC1CCC(=O)NC1. The first kappa shape index (κ1) is 12.4. The number of rotatable bonds is 3. The van der Waals surface area contributed by atoms with E-state index in [1.54, 1.807) is 4.68 Å². The minimum atomic E-state index is -0.243. The molecule has 7 nitrogen and oxygen atoms in total. The van der Waals surface area contributed by atoms with E-state index < -0.39 is 0 Å². The van der Waals surface area contributed by atoms with Gasteiger partial charge in [-0.3, -0.25) is 14.3 Å². The van der Waals surface area contributed by atoms with Crippen LogP contribution in [0.2, 0.25) is 0 Å². The van der Waals surface area contributed by atoms with Crippen molar-refractivity contribution in [2.75, 3.05) is 12.3 Å². The van der Waals surface area contributed by atoms with Crippen LogP contribution in [0.4, 0.5) is 5.69 Å². The Labute approximate surface area is 105 Å². The van der Waals surface area contributed by atoms with Gasteiger partial charge in [0.05, 0.1) is 11.9 Å².